The number of anilines is 1. The van der Waals surface area contributed by atoms with Crippen LogP contribution in [0.25, 0.3) is 16.3 Å². The Morgan fingerprint density at radius 2 is 1.68 bits per heavy atom. The Balaban J connectivity index is 1.37. The summed E-state index contributed by atoms with van der Waals surface area (Å²) in [5.41, 5.74) is 2.09. The normalized spacial score (nSPS) is 15.2. The lowest BCUT2D eigenvalue weighted by Gasteiger charge is -2.34. The molecule has 2 heterocycles. The summed E-state index contributed by atoms with van der Waals surface area (Å²) in [5, 5.41) is 1.05. The van der Waals surface area contributed by atoms with Crippen molar-refractivity contribution < 1.29 is 4.79 Å². The molecule has 25 heavy (non-hydrogen) atoms. The molecule has 3 aromatic rings. The van der Waals surface area contributed by atoms with Gasteiger partial charge < -0.3 is 9.80 Å². The van der Waals surface area contributed by atoms with Crippen LogP contribution in [0.4, 0.5) is 5.13 Å². The van der Waals surface area contributed by atoms with Crippen LogP contribution in [-0.4, -0.2) is 42.0 Å². The predicted octanol–water partition coefficient (Wildman–Crippen LogP) is 3.66. The fraction of sp³-hybridized carbons (Fsp3) is 0.200. The first kappa shape index (κ1) is 15.8. The van der Waals surface area contributed by atoms with E-state index >= 15 is 0 Å². The van der Waals surface area contributed by atoms with Crippen molar-refractivity contribution in [1.29, 1.82) is 0 Å². The van der Waals surface area contributed by atoms with Gasteiger partial charge in [-0.2, -0.15) is 0 Å². The molecule has 4 nitrogen and oxygen atoms in total. The maximum Gasteiger partial charge on any atom is 0.246 e. The second-order valence-corrected chi connectivity index (χ2v) is 7.03. The van der Waals surface area contributed by atoms with Gasteiger partial charge in [0.05, 0.1) is 10.2 Å². The van der Waals surface area contributed by atoms with Crippen molar-refractivity contribution >= 4 is 38.7 Å². The number of para-hydroxylation sites is 1. The summed E-state index contributed by atoms with van der Waals surface area (Å²) in [6.07, 6.45) is 3.55. The standard InChI is InChI=1S/C20H19N3OS/c24-19(11-10-16-6-2-1-3-7-16)22-12-14-23(15-13-22)20-21-17-8-4-5-9-18(17)25-20/h1-11H,12-15H2/b11-10+. The number of hydrogen-bond acceptors (Lipinski definition) is 4. The Kier molecular flexibility index (Phi) is 4.48. The number of aromatic nitrogens is 1. The summed E-state index contributed by atoms with van der Waals surface area (Å²) in [6, 6.07) is 18.1. The van der Waals surface area contributed by atoms with Crippen molar-refractivity contribution in [3.05, 3.63) is 66.2 Å². The van der Waals surface area contributed by atoms with E-state index in [4.69, 9.17) is 4.98 Å². The van der Waals surface area contributed by atoms with Crippen molar-refractivity contribution in [3.8, 4) is 0 Å². The summed E-state index contributed by atoms with van der Waals surface area (Å²) in [6.45, 7) is 3.11. The highest BCUT2D eigenvalue weighted by molar-refractivity contribution is 7.22. The topological polar surface area (TPSA) is 36.4 Å². The zero-order valence-corrected chi connectivity index (χ0v) is 14.7. The Bertz CT molecular complexity index is 862. The van der Waals surface area contributed by atoms with Gasteiger partial charge in [-0.05, 0) is 23.8 Å². The van der Waals surface area contributed by atoms with Crippen LogP contribution in [0.15, 0.2) is 60.7 Å². The molecule has 1 amide bonds. The molecule has 0 aliphatic carbocycles. The minimum Gasteiger partial charge on any atom is -0.345 e. The molecular formula is C20H19N3OS. The van der Waals surface area contributed by atoms with Gasteiger partial charge in [0.1, 0.15) is 0 Å². The van der Waals surface area contributed by atoms with Crippen LogP contribution >= 0.6 is 11.3 Å². The summed E-state index contributed by atoms with van der Waals surface area (Å²) in [5.74, 6) is 0.0767. The first-order valence-corrected chi connectivity index (χ1v) is 9.24. The van der Waals surface area contributed by atoms with E-state index in [1.54, 1.807) is 17.4 Å². The third kappa shape index (κ3) is 3.56. The molecule has 0 radical (unpaired) electrons. The second kappa shape index (κ2) is 7.07. The molecular weight excluding hydrogens is 330 g/mol. The van der Waals surface area contributed by atoms with Gasteiger partial charge >= 0.3 is 0 Å². The minimum absolute atomic E-state index is 0.0767. The number of benzene rings is 2. The number of hydrogen-bond donors (Lipinski definition) is 0. The molecule has 126 valence electrons. The van der Waals surface area contributed by atoms with Crippen LogP contribution in [-0.2, 0) is 4.79 Å². The molecule has 1 saturated heterocycles. The summed E-state index contributed by atoms with van der Waals surface area (Å²) >= 11 is 1.72. The zero-order chi connectivity index (χ0) is 17.1. The van der Waals surface area contributed by atoms with E-state index < -0.39 is 0 Å². The van der Waals surface area contributed by atoms with Crippen LogP contribution in [0.3, 0.4) is 0 Å². The van der Waals surface area contributed by atoms with Gasteiger partial charge in [-0.3, -0.25) is 4.79 Å². The Hall–Kier alpha value is -2.66. The fourth-order valence-corrected chi connectivity index (χ4v) is 3.97. The number of piperazine rings is 1. The van der Waals surface area contributed by atoms with E-state index in [0.29, 0.717) is 0 Å². The Morgan fingerprint density at radius 3 is 2.44 bits per heavy atom. The second-order valence-electron chi connectivity index (χ2n) is 6.02. The number of carbonyl (C=O) groups is 1. The molecule has 1 aliphatic heterocycles. The number of carbonyl (C=O) groups excluding carboxylic acids is 1. The first-order chi connectivity index (χ1) is 12.3. The average Bonchev–Trinajstić information content (AvgIpc) is 3.11. The quantitative estimate of drug-likeness (QED) is 0.677. The van der Waals surface area contributed by atoms with Crippen molar-refractivity contribution in [2.45, 2.75) is 0 Å². The average molecular weight is 349 g/mol. The summed E-state index contributed by atoms with van der Waals surface area (Å²) in [4.78, 5) is 21.3. The van der Waals surface area contributed by atoms with E-state index in [1.807, 2.05) is 59.5 Å². The molecule has 0 atom stereocenters. The maximum atomic E-state index is 12.4. The number of fused-ring (bicyclic) bond motifs is 1. The predicted molar refractivity (Wildman–Crippen MR) is 104 cm³/mol. The van der Waals surface area contributed by atoms with Gasteiger partial charge in [-0.1, -0.05) is 53.8 Å². The summed E-state index contributed by atoms with van der Waals surface area (Å²) in [7, 11) is 0. The van der Waals surface area contributed by atoms with Crippen molar-refractivity contribution in [2.24, 2.45) is 0 Å². The first-order valence-electron chi connectivity index (χ1n) is 8.42. The number of amides is 1. The van der Waals surface area contributed by atoms with Crippen LogP contribution in [0, 0.1) is 0 Å². The molecule has 0 spiro atoms. The molecule has 1 aliphatic rings. The lowest BCUT2D eigenvalue weighted by atomic mass is 10.2. The molecule has 0 saturated carbocycles. The molecule has 1 aromatic heterocycles. The zero-order valence-electron chi connectivity index (χ0n) is 13.8. The molecule has 0 unspecified atom stereocenters. The molecule has 5 heteroatoms. The lowest BCUT2D eigenvalue weighted by molar-refractivity contribution is -0.126. The van der Waals surface area contributed by atoms with E-state index in [2.05, 4.69) is 11.0 Å². The van der Waals surface area contributed by atoms with E-state index in [-0.39, 0.29) is 5.91 Å². The van der Waals surface area contributed by atoms with Crippen molar-refractivity contribution in [2.75, 3.05) is 31.1 Å². The van der Waals surface area contributed by atoms with Crippen LogP contribution in [0.5, 0.6) is 0 Å². The van der Waals surface area contributed by atoms with Gasteiger partial charge in [0.15, 0.2) is 5.13 Å². The highest BCUT2D eigenvalue weighted by atomic mass is 32.1. The third-order valence-electron chi connectivity index (χ3n) is 4.36. The van der Waals surface area contributed by atoms with E-state index in [1.165, 1.54) is 4.70 Å². The smallest absolute Gasteiger partial charge is 0.246 e. The van der Waals surface area contributed by atoms with E-state index in [0.717, 1.165) is 42.4 Å². The monoisotopic (exact) mass is 349 g/mol. The fourth-order valence-electron chi connectivity index (χ4n) is 2.95. The highest BCUT2D eigenvalue weighted by Crippen LogP contribution is 2.29. The molecule has 4 rings (SSSR count). The van der Waals surface area contributed by atoms with Crippen LogP contribution in [0.1, 0.15) is 5.56 Å². The number of rotatable bonds is 3. The maximum absolute atomic E-state index is 12.4. The van der Waals surface area contributed by atoms with Gasteiger partial charge in [0.2, 0.25) is 5.91 Å². The van der Waals surface area contributed by atoms with Crippen molar-refractivity contribution in [1.82, 2.24) is 9.88 Å². The lowest BCUT2D eigenvalue weighted by Crippen LogP contribution is -2.48. The van der Waals surface area contributed by atoms with Crippen LogP contribution in [0.2, 0.25) is 0 Å². The van der Waals surface area contributed by atoms with Crippen molar-refractivity contribution in [3.63, 3.8) is 0 Å². The molecule has 2 aromatic carbocycles. The number of thiazole rings is 1. The van der Waals surface area contributed by atoms with Gasteiger partial charge in [-0.15, -0.1) is 0 Å². The van der Waals surface area contributed by atoms with Gasteiger partial charge in [0, 0.05) is 32.3 Å². The minimum atomic E-state index is 0.0767. The third-order valence-corrected chi connectivity index (χ3v) is 5.46. The van der Waals surface area contributed by atoms with Gasteiger partial charge in [0.25, 0.3) is 0 Å². The SMILES string of the molecule is O=C(/C=C/c1ccccc1)N1CCN(c2nc3ccccc3s2)CC1. The molecule has 0 bridgehead atoms. The van der Waals surface area contributed by atoms with E-state index in [9.17, 15) is 4.79 Å². The Morgan fingerprint density at radius 1 is 0.960 bits per heavy atom. The molecule has 1 fully saturated rings. The highest BCUT2D eigenvalue weighted by Gasteiger charge is 2.21. The largest absolute Gasteiger partial charge is 0.345 e. The summed E-state index contributed by atoms with van der Waals surface area (Å²) < 4.78 is 1.21. The molecule has 0 N–H and O–H groups in total. The van der Waals surface area contributed by atoms with Gasteiger partial charge in [-0.25, -0.2) is 4.98 Å². The number of nitrogens with zero attached hydrogens (tertiary/aromatic N) is 3. The Labute approximate surface area is 151 Å². The van der Waals surface area contributed by atoms with Crippen LogP contribution < -0.4 is 4.90 Å².